The molecule has 34 heavy (non-hydrogen) atoms. The van der Waals surface area contributed by atoms with Gasteiger partial charge in [-0.1, -0.05) is 56.9 Å². The van der Waals surface area contributed by atoms with Gasteiger partial charge in [0.15, 0.2) is 5.78 Å². The molecule has 0 radical (unpaired) electrons. The van der Waals surface area contributed by atoms with Crippen molar-refractivity contribution < 1.29 is 4.79 Å². The van der Waals surface area contributed by atoms with Crippen LogP contribution in [-0.4, -0.2) is 20.4 Å². The lowest BCUT2D eigenvalue weighted by atomic mass is 9.91. The minimum Gasteiger partial charge on any atom is -0.294 e. The molecule has 4 nitrogen and oxygen atoms in total. The molecule has 0 aliphatic heterocycles. The maximum absolute atomic E-state index is 13.4. The zero-order chi connectivity index (χ0) is 23.1. The average Bonchev–Trinajstić information content (AvgIpc) is 3.38. The monoisotopic (exact) mass is 449 g/mol. The molecule has 4 heteroatoms. The van der Waals surface area contributed by atoms with Crippen LogP contribution < -0.4 is 0 Å². The van der Waals surface area contributed by atoms with E-state index in [-0.39, 0.29) is 11.7 Å². The van der Waals surface area contributed by atoms with Crippen LogP contribution in [0, 0.1) is 11.8 Å². The first-order chi connectivity index (χ1) is 16.7. The van der Waals surface area contributed by atoms with Gasteiger partial charge in [0, 0.05) is 35.9 Å². The van der Waals surface area contributed by atoms with Crippen molar-refractivity contribution >= 4 is 22.4 Å². The highest BCUT2D eigenvalue weighted by molar-refractivity contribution is 6.04. The topological polar surface area (TPSA) is 47.3 Å². The predicted octanol–water partition coefficient (Wildman–Crippen LogP) is 6.85. The Morgan fingerprint density at radius 2 is 1.88 bits per heavy atom. The Morgan fingerprint density at radius 3 is 2.68 bits per heavy atom. The summed E-state index contributed by atoms with van der Waals surface area (Å²) >= 11 is 0. The van der Waals surface area contributed by atoms with Gasteiger partial charge in [0.1, 0.15) is 0 Å². The standard InChI is InChI=1S/C30H31N3O/c1-20-8-10-21(11-9-20)24-16-26-25(12-13-28(26)31-18-24)23-14-15-33-29(17-23)27(19-32-33)30(34)22-6-4-2-3-5-7-22/h8,10-12,14-20,22H,2-7,9,13H2,1H3. The number of fused-ring (bicyclic) bond motifs is 2. The smallest absolute Gasteiger partial charge is 0.169 e. The normalized spacial score (nSPS) is 20.7. The van der Waals surface area contributed by atoms with Gasteiger partial charge in [-0.2, -0.15) is 5.10 Å². The van der Waals surface area contributed by atoms with Crippen LogP contribution in [0.4, 0.5) is 0 Å². The molecule has 3 aromatic rings. The summed E-state index contributed by atoms with van der Waals surface area (Å²) in [5.41, 5.74) is 8.76. The van der Waals surface area contributed by atoms with Crippen LogP contribution in [0.15, 0.2) is 61.1 Å². The van der Waals surface area contributed by atoms with Gasteiger partial charge in [-0.25, -0.2) is 4.52 Å². The van der Waals surface area contributed by atoms with Gasteiger partial charge in [-0.3, -0.25) is 9.78 Å². The molecule has 172 valence electrons. The lowest BCUT2D eigenvalue weighted by Gasteiger charge is -2.14. The van der Waals surface area contributed by atoms with Crippen LogP contribution >= 0.6 is 0 Å². The Labute approximate surface area is 201 Å². The van der Waals surface area contributed by atoms with E-state index in [4.69, 9.17) is 4.98 Å². The van der Waals surface area contributed by atoms with Gasteiger partial charge in [0.05, 0.1) is 23.0 Å². The zero-order valence-electron chi connectivity index (χ0n) is 19.8. The summed E-state index contributed by atoms with van der Waals surface area (Å²) in [5.74, 6) is 1.000. The van der Waals surface area contributed by atoms with Crippen LogP contribution in [-0.2, 0) is 6.42 Å². The Bertz CT molecular complexity index is 1350. The van der Waals surface area contributed by atoms with E-state index < -0.39 is 0 Å². The molecule has 0 spiro atoms. The van der Waals surface area contributed by atoms with E-state index >= 15 is 0 Å². The molecule has 0 amide bonds. The quantitative estimate of drug-likeness (QED) is 0.323. The number of hydrogen-bond acceptors (Lipinski definition) is 3. The highest BCUT2D eigenvalue weighted by Crippen LogP contribution is 2.35. The van der Waals surface area contributed by atoms with Crippen molar-refractivity contribution in [1.82, 2.24) is 14.6 Å². The average molecular weight is 450 g/mol. The second kappa shape index (κ2) is 8.83. The van der Waals surface area contributed by atoms with Gasteiger partial charge in [0.2, 0.25) is 0 Å². The summed E-state index contributed by atoms with van der Waals surface area (Å²) in [6, 6.07) is 6.53. The number of aromatic nitrogens is 3. The predicted molar refractivity (Wildman–Crippen MR) is 137 cm³/mol. The second-order valence-corrected chi connectivity index (χ2v) is 10.1. The number of hydrogen-bond donors (Lipinski definition) is 0. The number of ketones is 1. The second-order valence-electron chi connectivity index (χ2n) is 10.1. The minimum absolute atomic E-state index is 0.136. The molecular weight excluding hydrogens is 418 g/mol. The first kappa shape index (κ1) is 21.3. The minimum atomic E-state index is 0.136. The number of nitrogens with zero attached hydrogens (tertiary/aromatic N) is 3. The SMILES string of the molecule is CC1C=CC(c2cnc3c(c2)C(c2ccn4ncc(C(=O)C5CCCCCC5)c4c2)=CC3)=CC1. The van der Waals surface area contributed by atoms with Crippen LogP contribution in [0.2, 0.25) is 0 Å². The van der Waals surface area contributed by atoms with Gasteiger partial charge < -0.3 is 0 Å². The molecule has 0 saturated heterocycles. The van der Waals surface area contributed by atoms with Crippen LogP contribution in [0.1, 0.15) is 84.6 Å². The van der Waals surface area contributed by atoms with Crippen molar-refractivity contribution in [3.63, 3.8) is 0 Å². The Hall–Kier alpha value is -3.27. The lowest BCUT2D eigenvalue weighted by molar-refractivity contribution is 0.0909. The number of rotatable bonds is 4. The Balaban J connectivity index is 1.34. The number of allylic oxidation sites excluding steroid dienone is 5. The van der Waals surface area contributed by atoms with Crippen molar-refractivity contribution in [2.45, 2.75) is 58.3 Å². The van der Waals surface area contributed by atoms with E-state index in [1.165, 1.54) is 35.1 Å². The molecule has 3 aromatic heterocycles. The fraction of sp³-hybridized carbons (Fsp3) is 0.367. The van der Waals surface area contributed by atoms with E-state index in [2.05, 4.69) is 54.5 Å². The molecule has 0 N–H and O–H groups in total. The number of Topliss-reactive ketones (excluding diaryl/α,β-unsaturated/α-hetero) is 1. The van der Waals surface area contributed by atoms with E-state index in [0.29, 0.717) is 5.92 Å². The number of pyridine rings is 2. The fourth-order valence-corrected chi connectivity index (χ4v) is 5.67. The Morgan fingerprint density at radius 1 is 1.03 bits per heavy atom. The summed E-state index contributed by atoms with van der Waals surface area (Å²) in [4.78, 5) is 18.2. The third-order valence-electron chi connectivity index (χ3n) is 7.73. The summed E-state index contributed by atoms with van der Waals surface area (Å²) in [6.45, 7) is 2.24. The van der Waals surface area contributed by atoms with E-state index in [1.54, 1.807) is 6.20 Å². The maximum atomic E-state index is 13.4. The molecule has 3 aliphatic rings. The van der Waals surface area contributed by atoms with E-state index in [1.807, 2.05) is 16.9 Å². The van der Waals surface area contributed by atoms with Gasteiger partial charge in [-0.15, -0.1) is 0 Å². The Kier molecular flexibility index (Phi) is 5.52. The van der Waals surface area contributed by atoms with Crippen molar-refractivity contribution in [3.05, 3.63) is 89.0 Å². The number of carbonyl (C=O) groups excluding carboxylic acids is 1. The summed E-state index contributed by atoms with van der Waals surface area (Å²) in [7, 11) is 0. The molecule has 3 heterocycles. The summed E-state index contributed by atoms with van der Waals surface area (Å²) < 4.78 is 1.84. The summed E-state index contributed by atoms with van der Waals surface area (Å²) in [5, 5.41) is 4.50. The zero-order valence-corrected chi connectivity index (χ0v) is 19.8. The van der Waals surface area contributed by atoms with Gasteiger partial charge in [0.25, 0.3) is 0 Å². The lowest BCUT2D eigenvalue weighted by Crippen LogP contribution is -2.13. The molecule has 1 fully saturated rings. The molecule has 1 saturated carbocycles. The molecule has 1 atom stereocenters. The van der Waals surface area contributed by atoms with Crippen molar-refractivity contribution in [1.29, 1.82) is 0 Å². The van der Waals surface area contributed by atoms with E-state index in [0.717, 1.165) is 60.9 Å². The fourth-order valence-electron chi connectivity index (χ4n) is 5.67. The molecular formula is C30H31N3O. The maximum Gasteiger partial charge on any atom is 0.169 e. The van der Waals surface area contributed by atoms with Gasteiger partial charge >= 0.3 is 0 Å². The van der Waals surface area contributed by atoms with Crippen LogP contribution in [0.25, 0.3) is 16.7 Å². The van der Waals surface area contributed by atoms with Crippen LogP contribution in [0.3, 0.4) is 0 Å². The number of carbonyl (C=O) groups is 1. The third kappa shape index (κ3) is 3.85. The van der Waals surface area contributed by atoms with Crippen molar-refractivity contribution in [2.75, 3.05) is 0 Å². The largest absolute Gasteiger partial charge is 0.294 e. The highest BCUT2D eigenvalue weighted by Gasteiger charge is 2.25. The first-order valence-corrected chi connectivity index (χ1v) is 12.8. The molecule has 6 rings (SSSR count). The molecule has 1 unspecified atom stereocenters. The van der Waals surface area contributed by atoms with Gasteiger partial charge in [-0.05, 0) is 60.1 Å². The van der Waals surface area contributed by atoms with Crippen molar-refractivity contribution in [3.8, 4) is 0 Å². The molecule has 3 aliphatic carbocycles. The molecule has 0 aromatic carbocycles. The summed E-state index contributed by atoms with van der Waals surface area (Å²) in [6.07, 6.45) is 23.6. The highest BCUT2D eigenvalue weighted by atomic mass is 16.1. The van der Waals surface area contributed by atoms with Crippen LogP contribution in [0.5, 0.6) is 0 Å². The first-order valence-electron chi connectivity index (χ1n) is 12.8. The van der Waals surface area contributed by atoms with Crippen molar-refractivity contribution in [2.24, 2.45) is 11.8 Å². The molecule has 0 bridgehead atoms. The van der Waals surface area contributed by atoms with E-state index in [9.17, 15) is 4.79 Å². The third-order valence-corrected chi connectivity index (χ3v) is 7.73.